The lowest BCUT2D eigenvalue weighted by Crippen LogP contribution is -2.43. The third-order valence-electron chi connectivity index (χ3n) is 5.09. The number of aliphatic hydroxyl groups is 3. The smallest absolute Gasteiger partial charge is 0.870 e. The second kappa shape index (κ2) is 31.6. The van der Waals surface area contributed by atoms with Gasteiger partial charge in [-0.05, 0) is 12.8 Å². The van der Waals surface area contributed by atoms with Crippen molar-refractivity contribution in [3.63, 3.8) is 0 Å². The van der Waals surface area contributed by atoms with Crippen molar-refractivity contribution >= 4 is 11.9 Å². The summed E-state index contributed by atoms with van der Waals surface area (Å²) in [6.07, 6.45) is 7.30. The molecule has 4 atom stereocenters. The van der Waals surface area contributed by atoms with Crippen LogP contribution in [0, 0.1) is 0 Å². The molecule has 0 bridgehead atoms. The second-order valence-electron chi connectivity index (χ2n) is 7.86. The van der Waals surface area contributed by atoms with E-state index < -0.39 is 43.0 Å². The van der Waals surface area contributed by atoms with Crippen LogP contribution in [0.1, 0.15) is 92.3 Å². The Morgan fingerprint density at radius 2 is 1.36 bits per heavy atom. The molecule has 0 amide bonds. The molecule has 14 heteroatoms. The van der Waals surface area contributed by atoms with Crippen LogP contribution in [0.15, 0.2) is 0 Å². The van der Waals surface area contributed by atoms with Crippen molar-refractivity contribution < 1.29 is 72.5 Å². The second-order valence-corrected chi connectivity index (χ2v) is 7.86. The van der Waals surface area contributed by atoms with E-state index in [9.17, 15) is 24.9 Å². The number of ether oxygens (including phenoxy) is 2. The van der Waals surface area contributed by atoms with Crippen molar-refractivity contribution in [3.05, 3.63) is 0 Å². The van der Waals surface area contributed by atoms with Crippen LogP contribution in [0.25, 0.3) is 0 Å². The van der Waals surface area contributed by atoms with Gasteiger partial charge in [0.2, 0.25) is 0 Å². The van der Waals surface area contributed by atoms with Gasteiger partial charge in [-0.1, -0.05) is 65.2 Å². The van der Waals surface area contributed by atoms with Crippen molar-refractivity contribution in [2.24, 2.45) is 0 Å². The lowest BCUT2D eigenvalue weighted by atomic mass is 10.1. The molecule has 1 aliphatic heterocycles. The van der Waals surface area contributed by atoms with E-state index in [0.717, 1.165) is 51.4 Å². The van der Waals surface area contributed by atoms with Crippen molar-refractivity contribution in [1.82, 2.24) is 0 Å². The van der Waals surface area contributed by atoms with Gasteiger partial charge < -0.3 is 45.7 Å². The first-order valence-corrected chi connectivity index (χ1v) is 11.9. The Kier molecular flexibility index (Phi) is 36.5. The first kappa shape index (κ1) is 41.7. The van der Waals surface area contributed by atoms with E-state index in [2.05, 4.69) is 18.7 Å². The third kappa shape index (κ3) is 23.0. The van der Waals surface area contributed by atoms with Crippen LogP contribution in [0.5, 0.6) is 0 Å². The Morgan fingerprint density at radius 1 is 0.917 bits per heavy atom. The van der Waals surface area contributed by atoms with Gasteiger partial charge >= 0.3 is 13.4 Å². The van der Waals surface area contributed by atoms with Crippen LogP contribution in [0.3, 0.4) is 0 Å². The Hall–Kier alpha value is -1.46. The van der Waals surface area contributed by atoms with Crippen LogP contribution in [0.2, 0.25) is 0 Å². The number of carbonyl (C=O) groups excluding carboxylic acids is 2. The van der Waals surface area contributed by atoms with Crippen LogP contribution in [-0.2, 0) is 24.0 Å². The lowest BCUT2D eigenvalue weighted by Gasteiger charge is -2.23. The maximum atomic E-state index is 11.7. The molecule has 1 fully saturated rings. The SMILES string of the molecule is CCCCCCCC(=O)OC(CO)C1OCC(O)C1O.CCCCCCCC(=O)OO.OO.[H+].[O-]O.[OH-]. The zero-order valence-corrected chi connectivity index (χ0v) is 21.2. The van der Waals surface area contributed by atoms with E-state index in [4.69, 9.17) is 35.8 Å². The first-order chi connectivity index (χ1) is 16.9. The largest absolute Gasteiger partial charge is 1.00 e. The highest BCUT2D eigenvalue weighted by Crippen LogP contribution is 2.20. The van der Waals surface area contributed by atoms with Crippen molar-refractivity contribution in [2.45, 2.75) is 115 Å². The summed E-state index contributed by atoms with van der Waals surface area (Å²) in [7, 11) is 0. The molecule has 220 valence electrons. The normalized spacial score (nSPS) is 18.6. The molecular formula is C22H47O14-. The summed E-state index contributed by atoms with van der Waals surface area (Å²) in [5.41, 5.74) is 0. The van der Waals surface area contributed by atoms with Crippen LogP contribution < -0.4 is 5.26 Å². The molecule has 1 heterocycles. The zero-order chi connectivity index (χ0) is 27.5. The van der Waals surface area contributed by atoms with E-state index in [0.29, 0.717) is 12.8 Å². The fourth-order valence-electron chi connectivity index (χ4n) is 3.18. The number of aliphatic hydroxyl groups excluding tert-OH is 3. The van der Waals surface area contributed by atoms with Crippen LogP contribution in [-0.4, -0.2) is 91.4 Å². The van der Waals surface area contributed by atoms with Crippen LogP contribution in [0.4, 0.5) is 0 Å². The molecule has 14 nitrogen and oxygen atoms in total. The third-order valence-corrected chi connectivity index (χ3v) is 5.09. The molecule has 0 aromatic rings. The summed E-state index contributed by atoms with van der Waals surface area (Å²) in [5.74, 6) is -0.931. The standard InChI is InChI=1S/C14H26O6.C8H16O3.2H2O2.H2O/c1-2-3-4-5-6-7-12(17)20-11(8-15)14-13(18)10(16)9-19-14;1-2-3-4-5-6-7-8(9)11-10;2*1-2;/h10-11,13-16,18H,2-9H2,1H3;10H,2-7H2,1H3;2*1-2H;1H2/p-1. The Balaban J connectivity index is -0.000000173. The molecule has 0 spiro atoms. The summed E-state index contributed by atoms with van der Waals surface area (Å²) in [4.78, 5) is 25.5. The summed E-state index contributed by atoms with van der Waals surface area (Å²) < 4.78 is 10.3. The zero-order valence-electron chi connectivity index (χ0n) is 22.2. The number of unbranched alkanes of at least 4 members (excludes halogenated alkanes) is 8. The molecule has 1 aliphatic rings. The first-order valence-electron chi connectivity index (χ1n) is 11.9. The molecule has 4 unspecified atom stereocenters. The highest BCUT2D eigenvalue weighted by molar-refractivity contribution is 5.69. The highest BCUT2D eigenvalue weighted by Gasteiger charge is 2.41. The Labute approximate surface area is 213 Å². The van der Waals surface area contributed by atoms with E-state index in [1.165, 1.54) is 12.8 Å². The molecule has 0 saturated carbocycles. The number of esters is 1. The van der Waals surface area contributed by atoms with Crippen LogP contribution >= 0.6 is 0 Å². The average molecular weight is 536 g/mol. The molecule has 0 aliphatic carbocycles. The lowest BCUT2D eigenvalue weighted by molar-refractivity contribution is -0.670. The van der Waals surface area contributed by atoms with E-state index in [-0.39, 0.29) is 13.5 Å². The molecule has 1 saturated heterocycles. The predicted molar refractivity (Wildman–Crippen MR) is 125 cm³/mol. The minimum Gasteiger partial charge on any atom is -0.870 e. The summed E-state index contributed by atoms with van der Waals surface area (Å²) in [5, 5.41) is 61.2. The molecular weight excluding hydrogens is 488 g/mol. The topological polar surface area (TPSA) is 256 Å². The number of carbonyl (C=O) groups is 2. The van der Waals surface area contributed by atoms with Gasteiger partial charge in [-0.3, -0.25) is 15.3 Å². The number of hydrogen-bond donors (Lipinski definition) is 7. The predicted octanol–water partition coefficient (Wildman–Crippen LogP) is 1.51. The van der Waals surface area contributed by atoms with Crippen molar-refractivity contribution in [3.8, 4) is 0 Å². The molecule has 8 N–H and O–H groups in total. The molecule has 36 heavy (non-hydrogen) atoms. The summed E-state index contributed by atoms with van der Waals surface area (Å²) >= 11 is 0. The van der Waals surface area contributed by atoms with Gasteiger partial charge in [0.15, 0.2) is 6.10 Å². The molecule has 0 aromatic carbocycles. The van der Waals surface area contributed by atoms with Crippen molar-refractivity contribution in [1.29, 1.82) is 0 Å². The average Bonchev–Trinajstić information content (AvgIpc) is 3.22. The van der Waals surface area contributed by atoms with Gasteiger partial charge in [0.1, 0.15) is 18.3 Å². The van der Waals surface area contributed by atoms with Gasteiger partial charge in [0, 0.05) is 12.8 Å². The summed E-state index contributed by atoms with van der Waals surface area (Å²) in [6, 6.07) is 0. The van der Waals surface area contributed by atoms with Gasteiger partial charge in [0.05, 0.1) is 13.2 Å². The van der Waals surface area contributed by atoms with E-state index in [1.807, 2.05) is 0 Å². The fourth-order valence-corrected chi connectivity index (χ4v) is 3.18. The van der Waals surface area contributed by atoms with Gasteiger partial charge in [-0.15, -0.1) is 0 Å². The molecule has 0 radical (unpaired) electrons. The van der Waals surface area contributed by atoms with Crippen molar-refractivity contribution in [2.75, 3.05) is 13.2 Å². The van der Waals surface area contributed by atoms with E-state index >= 15 is 0 Å². The maximum absolute atomic E-state index is 11.7. The molecule has 1 rings (SSSR count). The maximum Gasteiger partial charge on any atom is 1.00 e. The minimum absolute atomic E-state index is 0. The Bertz CT molecular complexity index is 473. The van der Waals surface area contributed by atoms with E-state index in [1.54, 1.807) is 0 Å². The van der Waals surface area contributed by atoms with Gasteiger partial charge in [0.25, 0.3) is 0 Å². The minimum atomic E-state index is -1.13. The Morgan fingerprint density at radius 3 is 1.72 bits per heavy atom. The monoisotopic (exact) mass is 535 g/mol. The summed E-state index contributed by atoms with van der Waals surface area (Å²) in [6.45, 7) is 3.82. The van der Waals surface area contributed by atoms with Gasteiger partial charge in [-0.2, -0.15) is 5.26 Å². The molecule has 0 aromatic heterocycles. The highest BCUT2D eigenvalue weighted by atomic mass is 17.1. The van der Waals surface area contributed by atoms with Gasteiger partial charge in [-0.25, -0.2) is 4.79 Å². The number of rotatable bonds is 15. The fraction of sp³-hybridized carbons (Fsp3) is 0.909. The number of hydrogen-bond acceptors (Lipinski definition) is 14. The quantitative estimate of drug-likeness (QED) is 0.0678.